The molecule has 1 unspecified atom stereocenters. The average Bonchev–Trinajstić information content (AvgIpc) is 2.82. The second-order valence-corrected chi connectivity index (χ2v) is 4.68. The van der Waals surface area contributed by atoms with Crippen LogP contribution >= 0.6 is 23.2 Å². The summed E-state index contributed by atoms with van der Waals surface area (Å²) in [5.41, 5.74) is 0.781. The summed E-state index contributed by atoms with van der Waals surface area (Å²) in [5, 5.41) is 8.11. The third-order valence-corrected chi connectivity index (χ3v) is 3.24. The van der Waals surface area contributed by atoms with Gasteiger partial charge < -0.3 is 9.84 Å². The Kier molecular flexibility index (Phi) is 4.22. The molecule has 96 valence electrons. The van der Waals surface area contributed by atoms with Crippen molar-refractivity contribution < 1.29 is 4.52 Å². The van der Waals surface area contributed by atoms with Crippen LogP contribution in [0.2, 0.25) is 10.0 Å². The van der Waals surface area contributed by atoms with Crippen molar-refractivity contribution in [1.29, 1.82) is 0 Å². The molecule has 1 aromatic carbocycles. The van der Waals surface area contributed by atoms with Gasteiger partial charge in [0, 0.05) is 5.56 Å². The van der Waals surface area contributed by atoms with Gasteiger partial charge in [-0.25, -0.2) is 0 Å². The molecular formula is C12H13Cl2N3O. The van der Waals surface area contributed by atoms with Crippen LogP contribution in [0.5, 0.6) is 0 Å². The van der Waals surface area contributed by atoms with Crippen LogP contribution in [-0.4, -0.2) is 16.7 Å². The van der Waals surface area contributed by atoms with E-state index in [4.69, 9.17) is 27.7 Å². The fourth-order valence-corrected chi connectivity index (χ4v) is 1.86. The summed E-state index contributed by atoms with van der Waals surface area (Å²) < 4.78 is 5.20. The van der Waals surface area contributed by atoms with Gasteiger partial charge in [-0.15, -0.1) is 0 Å². The summed E-state index contributed by atoms with van der Waals surface area (Å²) in [6.45, 7) is 4.83. The fourth-order valence-electron chi connectivity index (χ4n) is 1.56. The molecule has 1 aromatic heterocycles. The van der Waals surface area contributed by atoms with Gasteiger partial charge in [0.05, 0.1) is 16.1 Å². The van der Waals surface area contributed by atoms with Gasteiger partial charge in [-0.2, -0.15) is 4.98 Å². The minimum Gasteiger partial charge on any atom is -0.337 e. The Morgan fingerprint density at radius 2 is 2.11 bits per heavy atom. The van der Waals surface area contributed by atoms with Crippen LogP contribution < -0.4 is 5.32 Å². The van der Waals surface area contributed by atoms with E-state index in [1.807, 2.05) is 13.8 Å². The summed E-state index contributed by atoms with van der Waals surface area (Å²) in [6.07, 6.45) is 0. The zero-order chi connectivity index (χ0) is 13.1. The zero-order valence-corrected chi connectivity index (χ0v) is 11.6. The number of halogens is 2. The highest BCUT2D eigenvalue weighted by molar-refractivity contribution is 6.42. The van der Waals surface area contributed by atoms with Gasteiger partial charge >= 0.3 is 0 Å². The van der Waals surface area contributed by atoms with E-state index in [2.05, 4.69) is 15.5 Å². The van der Waals surface area contributed by atoms with Crippen LogP contribution in [0.1, 0.15) is 25.8 Å². The quantitative estimate of drug-likeness (QED) is 0.930. The van der Waals surface area contributed by atoms with Gasteiger partial charge in [-0.05, 0) is 31.7 Å². The maximum Gasteiger partial charge on any atom is 0.243 e. The fraction of sp³-hybridized carbons (Fsp3) is 0.333. The van der Waals surface area contributed by atoms with Crippen molar-refractivity contribution in [2.45, 2.75) is 19.9 Å². The Labute approximate surface area is 115 Å². The molecule has 2 rings (SSSR count). The van der Waals surface area contributed by atoms with E-state index < -0.39 is 0 Å². The van der Waals surface area contributed by atoms with Crippen molar-refractivity contribution in [2.24, 2.45) is 0 Å². The molecule has 0 saturated carbocycles. The highest BCUT2D eigenvalue weighted by Gasteiger charge is 2.14. The van der Waals surface area contributed by atoms with E-state index >= 15 is 0 Å². The van der Waals surface area contributed by atoms with Gasteiger partial charge in [0.1, 0.15) is 0 Å². The second kappa shape index (κ2) is 5.69. The van der Waals surface area contributed by atoms with Gasteiger partial charge in [0.25, 0.3) is 0 Å². The molecule has 2 aromatic rings. The molecule has 0 fully saturated rings. The number of nitrogens with zero attached hydrogens (tertiary/aromatic N) is 2. The molecule has 4 nitrogen and oxygen atoms in total. The maximum atomic E-state index is 5.95. The molecule has 0 amide bonds. The first-order chi connectivity index (χ1) is 8.61. The normalized spacial score (nSPS) is 12.7. The molecule has 0 saturated heterocycles. The number of hydrogen-bond donors (Lipinski definition) is 1. The van der Waals surface area contributed by atoms with Crippen LogP contribution in [0.25, 0.3) is 11.4 Å². The zero-order valence-electron chi connectivity index (χ0n) is 10.1. The summed E-state index contributed by atoms with van der Waals surface area (Å²) in [4.78, 5) is 4.33. The van der Waals surface area contributed by atoms with Crippen molar-refractivity contribution in [1.82, 2.24) is 15.5 Å². The molecule has 0 bridgehead atoms. The molecule has 1 heterocycles. The number of rotatable bonds is 4. The number of aromatic nitrogens is 2. The third-order valence-electron chi connectivity index (χ3n) is 2.50. The molecule has 0 aliphatic heterocycles. The minimum absolute atomic E-state index is 0.0269. The van der Waals surface area contributed by atoms with Crippen molar-refractivity contribution in [3.05, 3.63) is 34.1 Å². The lowest BCUT2D eigenvalue weighted by molar-refractivity contribution is 0.342. The smallest absolute Gasteiger partial charge is 0.243 e. The molecule has 0 radical (unpaired) electrons. The first-order valence-electron chi connectivity index (χ1n) is 5.64. The van der Waals surface area contributed by atoms with Crippen molar-refractivity contribution in [3.63, 3.8) is 0 Å². The predicted molar refractivity (Wildman–Crippen MR) is 71.8 cm³/mol. The second-order valence-electron chi connectivity index (χ2n) is 3.86. The summed E-state index contributed by atoms with van der Waals surface area (Å²) in [7, 11) is 0. The first kappa shape index (κ1) is 13.3. The topological polar surface area (TPSA) is 51.0 Å². The lowest BCUT2D eigenvalue weighted by Gasteiger charge is -2.05. The molecular weight excluding hydrogens is 273 g/mol. The van der Waals surface area contributed by atoms with E-state index in [-0.39, 0.29) is 6.04 Å². The Morgan fingerprint density at radius 1 is 1.33 bits per heavy atom. The van der Waals surface area contributed by atoms with Crippen molar-refractivity contribution in [2.75, 3.05) is 6.54 Å². The number of hydrogen-bond acceptors (Lipinski definition) is 4. The van der Waals surface area contributed by atoms with Crippen molar-refractivity contribution in [3.8, 4) is 11.4 Å². The third kappa shape index (κ3) is 2.83. The highest BCUT2D eigenvalue weighted by Crippen LogP contribution is 2.27. The van der Waals surface area contributed by atoms with E-state index in [1.54, 1.807) is 18.2 Å². The van der Waals surface area contributed by atoms with E-state index in [1.165, 1.54) is 0 Å². The molecule has 0 spiro atoms. The summed E-state index contributed by atoms with van der Waals surface area (Å²) >= 11 is 11.8. The van der Waals surface area contributed by atoms with E-state index in [0.717, 1.165) is 12.1 Å². The number of benzene rings is 1. The standard InChI is InChI=1S/C12H13Cl2N3O/c1-3-15-7(2)12-16-11(17-18-12)8-4-5-9(13)10(14)6-8/h4-7,15H,3H2,1-2H3. The van der Waals surface area contributed by atoms with Gasteiger partial charge in [-0.1, -0.05) is 35.3 Å². The van der Waals surface area contributed by atoms with Crippen LogP contribution in [0.3, 0.4) is 0 Å². The first-order valence-corrected chi connectivity index (χ1v) is 6.39. The van der Waals surface area contributed by atoms with E-state index in [0.29, 0.717) is 21.8 Å². The Bertz CT molecular complexity index is 542. The van der Waals surface area contributed by atoms with Crippen LogP contribution in [0, 0.1) is 0 Å². The van der Waals surface area contributed by atoms with Gasteiger partial charge in [0.15, 0.2) is 0 Å². The lowest BCUT2D eigenvalue weighted by Crippen LogP contribution is -2.17. The Morgan fingerprint density at radius 3 is 2.78 bits per heavy atom. The van der Waals surface area contributed by atoms with Crippen LogP contribution in [0.15, 0.2) is 22.7 Å². The summed E-state index contributed by atoms with van der Waals surface area (Å²) in [5.74, 6) is 1.06. The van der Waals surface area contributed by atoms with Gasteiger partial charge in [0.2, 0.25) is 11.7 Å². The Hall–Kier alpha value is -1.10. The Balaban J connectivity index is 2.26. The molecule has 1 atom stereocenters. The van der Waals surface area contributed by atoms with Crippen LogP contribution in [0.4, 0.5) is 0 Å². The summed E-state index contributed by atoms with van der Waals surface area (Å²) in [6, 6.07) is 5.26. The predicted octanol–water partition coefficient (Wildman–Crippen LogP) is 3.71. The number of nitrogens with one attached hydrogen (secondary N) is 1. The maximum absolute atomic E-state index is 5.95. The molecule has 0 aliphatic rings. The largest absolute Gasteiger partial charge is 0.337 e. The highest BCUT2D eigenvalue weighted by atomic mass is 35.5. The van der Waals surface area contributed by atoms with Crippen LogP contribution in [-0.2, 0) is 0 Å². The van der Waals surface area contributed by atoms with E-state index in [9.17, 15) is 0 Å². The molecule has 6 heteroatoms. The monoisotopic (exact) mass is 285 g/mol. The minimum atomic E-state index is 0.0269. The average molecular weight is 286 g/mol. The SMILES string of the molecule is CCNC(C)c1nc(-c2ccc(Cl)c(Cl)c2)no1. The lowest BCUT2D eigenvalue weighted by atomic mass is 10.2. The van der Waals surface area contributed by atoms with Crippen molar-refractivity contribution >= 4 is 23.2 Å². The molecule has 0 aliphatic carbocycles. The molecule has 18 heavy (non-hydrogen) atoms. The molecule has 1 N–H and O–H groups in total. The van der Waals surface area contributed by atoms with Gasteiger partial charge in [-0.3, -0.25) is 0 Å².